The molecule has 1 aliphatic rings. The van der Waals surface area contributed by atoms with Crippen LogP contribution in [0.4, 0.5) is 33.3 Å². The van der Waals surface area contributed by atoms with E-state index >= 15 is 0 Å². The van der Waals surface area contributed by atoms with Crippen molar-refractivity contribution < 1.29 is 36.3 Å². The third kappa shape index (κ3) is 4.69. The van der Waals surface area contributed by atoms with Crippen LogP contribution < -0.4 is 15.0 Å². The number of amides is 2. The van der Waals surface area contributed by atoms with Crippen molar-refractivity contribution in [2.75, 3.05) is 10.2 Å². The van der Waals surface area contributed by atoms with E-state index in [1.54, 1.807) is 0 Å². The number of nitrogens with zero attached hydrogens (tertiary/aromatic N) is 1. The van der Waals surface area contributed by atoms with Crippen LogP contribution in [-0.4, -0.2) is 18.2 Å². The average Bonchev–Trinajstić information content (AvgIpc) is 2.99. The van der Waals surface area contributed by atoms with Gasteiger partial charge in [0.1, 0.15) is 23.1 Å². The first-order chi connectivity index (χ1) is 15.6. The van der Waals surface area contributed by atoms with Gasteiger partial charge < -0.3 is 10.1 Å². The van der Waals surface area contributed by atoms with E-state index in [2.05, 4.69) is 10.1 Å². The highest BCUT2D eigenvalue weighted by molar-refractivity contribution is 6.46. The van der Waals surface area contributed by atoms with Crippen molar-refractivity contribution in [1.82, 2.24) is 0 Å². The maximum Gasteiger partial charge on any atom is 0.573 e. The Labute approximate surface area is 183 Å². The molecule has 4 rings (SSSR count). The SMILES string of the molecule is O=C1C(Nc2ccc(OC(F)(F)F)cc2)=C(c2ccc(F)cc2)C(=O)N1c1ccc(F)cc1. The molecule has 1 aliphatic heterocycles. The fraction of sp³-hybridized carbons (Fsp3) is 0.0435. The molecule has 0 aliphatic carbocycles. The van der Waals surface area contributed by atoms with Gasteiger partial charge in [-0.1, -0.05) is 12.1 Å². The van der Waals surface area contributed by atoms with E-state index in [0.717, 1.165) is 41.3 Å². The number of hydrogen-bond donors (Lipinski definition) is 1. The van der Waals surface area contributed by atoms with Gasteiger partial charge in [-0.05, 0) is 66.2 Å². The minimum absolute atomic E-state index is 0.0834. The van der Waals surface area contributed by atoms with E-state index in [9.17, 15) is 31.5 Å². The molecule has 1 N–H and O–H groups in total. The molecule has 0 aromatic heterocycles. The van der Waals surface area contributed by atoms with Gasteiger partial charge in [-0.15, -0.1) is 13.2 Å². The molecule has 168 valence electrons. The molecule has 1 heterocycles. The molecule has 0 radical (unpaired) electrons. The molecule has 0 bridgehead atoms. The van der Waals surface area contributed by atoms with Crippen molar-refractivity contribution in [3.63, 3.8) is 0 Å². The Morgan fingerprint density at radius 1 is 0.727 bits per heavy atom. The van der Waals surface area contributed by atoms with Crippen LogP contribution >= 0.6 is 0 Å². The number of imide groups is 1. The summed E-state index contributed by atoms with van der Waals surface area (Å²) >= 11 is 0. The third-order valence-electron chi connectivity index (χ3n) is 4.66. The highest BCUT2D eigenvalue weighted by Gasteiger charge is 2.40. The number of nitrogens with one attached hydrogen (secondary N) is 1. The first kappa shape index (κ1) is 22.0. The molecule has 3 aromatic carbocycles. The Kier molecular flexibility index (Phi) is 5.59. The lowest BCUT2D eigenvalue weighted by Crippen LogP contribution is -2.32. The predicted molar refractivity (Wildman–Crippen MR) is 109 cm³/mol. The smallest absolute Gasteiger partial charge is 0.406 e. The van der Waals surface area contributed by atoms with Crippen LogP contribution in [0.2, 0.25) is 0 Å². The minimum Gasteiger partial charge on any atom is -0.406 e. The average molecular weight is 460 g/mol. The summed E-state index contributed by atoms with van der Waals surface area (Å²) in [5.74, 6) is -3.10. The number of ether oxygens (including phenoxy) is 1. The van der Waals surface area contributed by atoms with E-state index in [1.165, 1.54) is 36.4 Å². The van der Waals surface area contributed by atoms with Crippen LogP contribution in [0, 0.1) is 11.6 Å². The lowest BCUT2D eigenvalue weighted by Gasteiger charge is -2.15. The van der Waals surface area contributed by atoms with Crippen LogP contribution in [-0.2, 0) is 9.59 Å². The lowest BCUT2D eigenvalue weighted by atomic mass is 10.0. The Bertz CT molecular complexity index is 1240. The number of anilines is 2. The fourth-order valence-corrected chi connectivity index (χ4v) is 3.24. The molecule has 0 atom stereocenters. The maximum atomic E-state index is 13.4. The topological polar surface area (TPSA) is 58.6 Å². The Hall–Kier alpha value is -4.21. The molecule has 0 saturated carbocycles. The monoisotopic (exact) mass is 460 g/mol. The normalized spacial score (nSPS) is 14.2. The van der Waals surface area contributed by atoms with Gasteiger partial charge in [0.25, 0.3) is 11.8 Å². The van der Waals surface area contributed by atoms with Gasteiger partial charge in [-0.25, -0.2) is 13.7 Å². The molecule has 3 aromatic rings. The number of carbonyl (C=O) groups is 2. The highest BCUT2D eigenvalue weighted by Crippen LogP contribution is 2.34. The van der Waals surface area contributed by atoms with Gasteiger partial charge >= 0.3 is 6.36 Å². The second-order valence-corrected chi connectivity index (χ2v) is 6.88. The van der Waals surface area contributed by atoms with Crippen molar-refractivity contribution in [2.45, 2.75) is 6.36 Å². The van der Waals surface area contributed by atoms with Crippen LogP contribution in [0.25, 0.3) is 5.57 Å². The van der Waals surface area contributed by atoms with E-state index in [1.807, 2.05) is 0 Å². The molecule has 0 unspecified atom stereocenters. The number of alkyl halides is 3. The van der Waals surface area contributed by atoms with E-state index in [-0.39, 0.29) is 28.2 Å². The molecule has 2 amide bonds. The molecule has 0 saturated heterocycles. The maximum absolute atomic E-state index is 13.4. The third-order valence-corrected chi connectivity index (χ3v) is 4.66. The molecule has 10 heteroatoms. The molecular formula is C23H13F5N2O3. The fourth-order valence-electron chi connectivity index (χ4n) is 3.24. The number of carbonyl (C=O) groups excluding carboxylic acids is 2. The van der Waals surface area contributed by atoms with E-state index < -0.39 is 35.6 Å². The van der Waals surface area contributed by atoms with Crippen molar-refractivity contribution in [1.29, 1.82) is 0 Å². The Morgan fingerprint density at radius 3 is 1.82 bits per heavy atom. The summed E-state index contributed by atoms with van der Waals surface area (Å²) in [6, 6.07) is 14.0. The molecule has 5 nitrogen and oxygen atoms in total. The summed E-state index contributed by atoms with van der Waals surface area (Å²) in [6.45, 7) is 0. The van der Waals surface area contributed by atoms with Gasteiger partial charge in [0.15, 0.2) is 0 Å². The van der Waals surface area contributed by atoms with Gasteiger partial charge in [-0.2, -0.15) is 0 Å². The minimum atomic E-state index is -4.86. The summed E-state index contributed by atoms with van der Waals surface area (Å²) in [5.41, 5.74) is 0.275. The van der Waals surface area contributed by atoms with Gasteiger partial charge in [0, 0.05) is 5.69 Å². The lowest BCUT2D eigenvalue weighted by molar-refractivity contribution is -0.274. The number of benzene rings is 3. The zero-order chi connectivity index (χ0) is 23.8. The standard InChI is InChI=1S/C23H13F5N2O3/c24-14-3-1-13(2-4-14)19-20(29-16-7-11-18(12-8-16)33-23(26,27)28)22(32)30(21(19)31)17-9-5-15(25)6-10-17/h1-12,29H. The predicted octanol–water partition coefficient (Wildman–Crippen LogP) is 5.26. The number of hydrogen-bond acceptors (Lipinski definition) is 4. The van der Waals surface area contributed by atoms with Crippen molar-refractivity contribution in [3.05, 3.63) is 95.7 Å². The molecule has 33 heavy (non-hydrogen) atoms. The summed E-state index contributed by atoms with van der Waals surface area (Å²) < 4.78 is 67.7. The first-order valence-corrected chi connectivity index (χ1v) is 9.40. The van der Waals surface area contributed by atoms with Crippen molar-refractivity contribution in [2.24, 2.45) is 0 Å². The largest absolute Gasteiger partial charge is 0.573 e. The summed E-state index contributed by atoms with van der Waals surface area (Å²) in [4.78, 5) is 27.1. The Morgan fingerprint density at radius 2 is 1.27 bits per heavy atom. The molecular weight excluding hydrogens is 447 g/mol. The van der Waals surface area contributed by atoms with Crippen molar-refractivity contribution >= 4 is 28.8 Å². The van der Waals surface area contributed by atoms with Gasteiger partial charge in [0.05, 0.1) is 11.3 Å². The second-order valence-electron chi connectivity index (χ2n) is 6.88. The van der Waals surface area contributed by atoms with E-state index in [0.29, 0.717) is 0 Å². The van der Waals surface area contributed by atoms with Crippen LogP contribution in [0.1, 0.15) is 5.56 Å². The Balaban J connectivity index is 1.72. The zero-order valence-electron chi connectivity index (χ0n) is 16.5. The second kappa shape index (κ2) is 8.38. The summed E-state index contributed by atoms with van der Waals surface area (Å²) in [6.07, 6.45) is -4.86. The highest BCUT2D eigenvalue weighted by atomic mass is 19.4. The van der Waals surface area contributed by atoms with Gasteiger partial charge in [-0.3, -0.25) is 9.59 Å². The van der Waals surface area contributed by atoms with Crippen LogP contribution in [0.5, 0.6) is 5.75 Å². The van der Waals surface area contributed by atoms with Crippen LogP contribution in [0.15, 0.2) is 78.5 Å². The molecule has 0 fully saturated rings. The van der Waals surface area contributed by atoms with Crippen molar-refractivity contribution in [3.8, 4) is 5.75 Å². The number of rotatable bonds is 5. The first-order valence-electron chi connectivity index (χ1n) is 9.40. The number of halogens is 5. The quantitative estimate of drug-likeness (QED) is 0.417. The van der Waals surface area contributed by atoms with Gasteiger partial charge in [0.2, 0.25) is 0 Å². The van der Waals surface area contributed by atoms with E-state index in [4.69, 9.17) is 0 Å². The summed E-state index contributed by atoms with van der Waals surface area (Å²) in [7, 11) is 0. The van der Waals surface area contributed by atoms with Crippen LogP contribution in [0.3, 0.4) is 0 Å². The zero-order valence-corrected chi connectivity index (χ0v) is 16.5. The summed E-state index contributed by atoms with van der Waals surface area (Å²) in [5, 5.41) is 2.75. The molecule has 0 spiro atoms.